The van der Waals surface area contributed by atoms with Crippen molar-refractivity contribution in [3.8, 4) is 11.1 Å². The number of carbonyl (C=O) groups excluding carboxylic acids is 1. The van der Waals surface area contributed by atoms with Crippen molar-refractivity contribution in [1.82, 2.24) is 9.97 Å². The molecule has 0 aromatic carbocycles. The van der Waals surface area contributed by atoms with Crippen molar-refractivity contribution in [3.63, 3.8) is 0 Å². The highest BCUT2D eigenvalue weighted by atomic mass is 16.6. The van der Waals surface area contributed by atoms with E-state index in [4.69, 9.17) is 4.74 Å². The van der Waals surface area contributed by atoms with E-state index in [-0.39, 0.29) is 0 Å². The average molecular weight is 256 g/mol. The van der Waals surface area contributed by atoms with Crippen LogP contribution < -0.4 is 0 Å². The third-order valence-electron chi connectivity index (χ3n) is 2.37. The van der Waals surface area contributed by atoms with E-state index in [2.05, 4.69) is 9.97 Å². The molecule has 0 aliphatic heterocycles. The van der Waals surface area contributed by atoms with Gasteiger partial charge in [0.05, 0.1) is 0 Å². The molecule has 0 N–H and O–H groups in total. The zero-order chi connectivity index (χ0) is 13.9. The van der Waals surface area contributed by atoms with Crippen LogP contribution in [0, 0.1) is 0 Å². The van der Waals surface area contributed by atoms with Gasteiger partial charge in [-0.05, 0) is 32.9 Å². The lowest BCUT2D eigenvalue weighted by atomic mass is 10.1. The Bertz CT molecular complexity index is 557. The van der Waals surface area contributed by atoms with Gasteiger partial charge in [0.2, 0.25) is 0 Å². The molecule has 2 aromatic heterocycles. The Morgan fingerprint density at radius 2 is 1.84 bits per heavy atom. The summed E-state index contributed by atoms with van der Waals surface area (Å²) in [5.74, 6) is -0.412. The highest BCUT2D eigenvalue weighted by Gasteiger charge is 2.18. The van der Waals surface area contributed by atoms with Gasteiger partial charge in [0.25, 0.3) is 0 Å². The van der Waals surface area contributed by atoms with Crippen LogP contribution in [-0.4, -0.2) is 21.5 Å². The summed E-state index contributed by atoms with van der Waals surface area (Å²) in [6.07, 6.45) is 5.12. The fourth-order valence-electron chi connectivity index (χ4n) is 1.55. The minimum absolute atomic E-state index is 0.308. The SMILES string of the molecule is CC(C)(C)OC(=O)c1ccc(-c2cccnc2)cn1. The Kier molecular flexibility index (Phi) is 3.60. The molecular weight excluding hydrogens is 240 g/mol. The summed E-state index contributed by atoms with van der Waals surface area (Å²) in [5.41, 5.74) is 1.68. The summed E-state index contributed by atoms with van der Waals surface area (Å²) < 4.78 is 5.26. The van der Waals surface area contributed by atoms with Gasteiger partial charge in [-0.3, -0.25) is 4.98 Å². The number of pyridine rings is 2. The van der Waals surface area contributed by atoms with Crippen molar-refractivity contribution in [1.29, 1.82) is 0 Å². The number of ether oxygens (including phenoxy) is 1. The van der Waals surface area contributed by atoms with Crippen LogP contribution in [0.1, 0.15) is 31.3 Å². The largest absolute Gasteiger partial charge is 0.455 e. The molecule has 0 radical (unpaired) electrons. The maximum Gasteiger partial charge on any atom is 0.357 e. The summed E-state index contributed by atoms with van der Waals surface area (Å²) in [5, 5.41) is 0. The summed E-state index contributed by atoms with van der Waals surface area (Å²) >= 11 is 0. The van der Waals surface area contributed by atoms with Crippen LogP contribution in [0.3, 0.4) is 0 Å². The quantitative estimate of drug-likeness (QED) is 0.775. The lowest BCUT2D eigenvalue weighted by molar-refractivity contribution is 0.00629. The molecule has 0 saturated heterocycles. The van der Waals surface area contributed by atoms with Crippen LogP contribution in [0.4, 0.5) is 0 Å². The Morgan fingerprint density at radius 3 is 2.37 bits per heavy atom. The second-order valence-electron chi connectivity index (χ2n) is 5.18. The number of rotatable bonds is 2. The maximum absolute atomic E-state index is 11.8. The van der Waals surface area contributed by atoms with Crippen LogP contribution in [0.5, 0.6) is 0 Å². The molecule has 98 valence electrons. The first kappa shape index (κ1) is 13.2. The number of aromatic nitrogens is 2. The highest BCUT2D eigenvalue weighted by molar-refractivity contribution is 5.87. The van der Waals surface area contributed by atoms with Gasteiger partial charge in [-0.2, -0.15) is 0 Å². The first-order valence-corrected chi connectivity index (χ1v) is 6.05. The van der Waals surface area contributed by atoms with Crippen LogP contribution in [-0.2, 0) is 4.74 Å². The first-order valence-electron chi connectivity index (χ1n) is 6.05. The first-order chi connectivity index (χ1) is 8.96. The second-order valence-corrected chi connectivity index (χ2v) is 5.18. The molecule has 0 spiro atoms. The van der Waals surface area contributed by atoms with Gasteiger partial charge in [-0.1, -0.05) is 12.1 Å². The van der Waals surface area contributed by atoms with Crippen molar-refractivity contribution in [2.24, 2.45) is 0 Å². The van der Waals surface area contributed by atoms with E-state index < -0.39 is 11.6 Å². The van der Waals surface area contributed by atoms with Gasteiger partial charge < -0.3 is 4.74 Å². The summed E-state index contributed by atoms with van der Waals surface area (Å²) in [7, 11) is 0. The Morgan fingerprint density at radius 1 is 1.11 bits per heavy atom. The van der Waals surface area contributed by atoms with Gasteiger partial charge in [-0.15, -0.1) is 0 Å². The molecule has 2 heterocycles. The fourth-order valence-corrected chi connectivity index (χ4v) is 1.55. The molecule has 19 heavy (non-hydrogen) atoms. The Hall–Kier alpha value is -2.23. The summed E-state index contributed by atoms with van der Waals surface area (Å²) in [6.45, 7) is 5.48. The number of esters is 1. The maximum atomic E-state index is 11.8. The molecule has 0 aliphatic rings. The predicted molar refractivity (Wildman–Crippen MR) is 72.6 cm³/mol. The lowest BCUT2D eigenvalue weighted by Crippen LogP contribution is -2.24. The monoisotopic (exact) mass is 256 g/mol. The summed E-state index contributed by atoms with van der Waals surface area (Å²) in [4.78, 5) is 20.0. The van der Waals surface area contributed by atoms with Crippen molar-refractivity contribution in [2.45, 2.75) is 26.4 Å². The van der Waals surface area contributed by atoms with E-state index in [0.717, 1.165) is 11.1 Å². The molecule has 4 heteroatoms. The molecule has 0 atom stereocenters. The van der Waals surface area contributed by atoms with Gasteiger partial charge in [0.15, 0.2) is 0 Å². The minimum atomic E-state index is -0.513. The molecule has 0 saturated carbocycles. The molecule has 0 bridgehead atoms. The van der Waals surface area contributed by atoms with Crippen LogP contribution in [0.15, 0.2) is 42.9 Å². The standard InChI is InChI=1S/C15H16N2O2/c1-15(2,3)19-14(18)13-7-6-12(10-17-13)11-5-4-8-16-9-11/h4-10H,1-3H3. The van der Waals surface area contributed by atoms with E-state index in [0.29, 0.717) is 5.69 Å². The van der Waals surface area contributed by atoms with E-state index in [1.54, 1.807) is 24.7 Å². The van der Waals surface area contributed by atoms with Crippen molar-refractivity contribution in [3.05, 3.63) is 48.5 Å². The molecular formula is C15H16N2O2. The van der Waals surface area contributed by atoms with Gasteiger partial charge in [0, 0.05) is 29.7 Å². The molecule has 0 unspecified atom stereocenters. The number of hydrogen-bond acceptors (Lipinski definition) is 4. The topological polar surface area (TPSA) is 52.1 Å². The molecule has 4 nitrogen and oxygen atoms in total. The van der Waals surface area contributed by atoms with E-state index in [9.17, 15) is 4.79 Å². The van der Waals surface area contributed by atoms with E-state index in [1.165, 1.54) is 0 Å². The Balaban J connectivity index is 2.17. The smallest absolute Gasteiger partial charge is 0.357 e. The van der Waals surface area contributed by atoms with Gasteiger partial charge in [-0.25, -0.2) is 9.78 Å². The van der Waals surface area contributed by atoms with E-state index >= 15 is 0 Å². The van der Waals surface area contributed by atoms with Gasteiger partial charge in [0.1, 0.15) is 11.3 Å². The molecule has 0 fully saturated rings. The molecule has 0 amide bonds. The molecule has 2 aromatic rings. The Labute approximate surface area is 112 Å². The van der Waals surface area contributed by atoms with E-state index in [1.807, 2.05) is 39.0 Å². The van der Waals surface area contributed by atoms with Crippen LogP contribution >= 0.6 is 0 Å². The second kappa shape index (κ2) is 5.18. The fraction of sp³-hybridized carbons (Fsp3) is 0.267. The number of nitrogens with zero attached hydrogens (tertiary/aromatic N) is 2. The normalized spacial score (nSPS) is 11.1. The summed E-state index contributed by atoms with van der Waals surface area (Å²) in [6, 6.07) is 7.30. The molecule has 0 aliphatic carbocycles. The average Bonchev–Trinajstić information content (AvgIpc) is 2.38. The zero-order valence-electron chi connectivity index (χ0n) is 11.3. The number of carbonyl (C=O) groups is 1. The van der Waals surface area contributed by atoms with Crippen molar-refractivity contribution < 1.29 is 9.53 Å². The third kappa shape index (κ3) is 3.61. The van der Waals surface area contributed by atoms with Crippen LogP contribution in [0.25, 0.3) is 11.1 Å². The lowest BCUT2D eigenvalue weighted by Gasteiger charge is -2.19. The van der Waals surface area contributed by atoms with Crippen LogP contribution in [0.2, 0.25) is 0 Å². The molecule has 2 rings (SSSR count). The predicted octanol–water partition coefficient (Wildman–Crippen LogP) is 3.10. The van der Waals surface area contributed by atoms with Crippen molar-refractivity contribution >= 4 is 5.97 Å². The minimum Gasteiger partial charge on any atom is -0.455 e. The zero-order valence-corrected chi connectivity index (χ0v) is 11.3. The van der Waals surface area contributed by atoms with Crippen molar-refractivity contribution in [2.75, 3.05) is 0 Å². The third-order valence-corrected chi connectivity index (χ3v) is 2.37. The number of hydrogen-bond donors (Lipinski definition) is 0. The van der Waals surface area contributed by atoms with Gasteiger partial charge >= 0.3 is 5.97 Å². The highest BCUT2D eigenvalue weighted by Crippen LogP contribution is 2.17.